The maximum atomic E-state index is 13.9. The van der Waals surface area contributed by atoms with Gasteiger partial charge in [0.05, 0.1) is 5.60 Å². The van der Waals surface area contributed by atoms with Crippen LogP contribution in [0.25, 0.3) is 0 Å². The molecule has 0 aliphatic rings. The fourth-order valence-corrected chi connectivity index (χ4v) is 3.78. The molecule has 0 fully saturated rings. The van der Waals surface area contributed by atoms with E-state index in [1.807, 2.05) is 39.8 Å². The molecule has 0 saturated heterocycles. The topological polar surface area (TPSA) is 61.4 Å². The molecule has 0 unspecified atom stereocenters. The van der Waals surface area contributed by atoms with Gasteiger partial charge >= 0.3 is 6.03 Å². The molecule has 3 N–H and O–H groups in total. The van der Waals surface area contributed by atoms with Crippen molar-refractivity contribution in [2.45, 2.75) is 63.9 Å². The Morgan fingerprint density at radius 1 is 1.07 bits per heavy atom. The number of amides is 2. The van der Waals surface area contributed by atoms with Gasteiger partial charge in [0.25, 0.3) is 0 Å². The smallest absolute Gasteiger partial charge is 0.329 e. The minimum Gasteiger partial charge on any atom is -0.386 e. The van der Waals surface area contributed by atoms with Crippen molar-refractivity contribution in [3.63, 3.8) is 0 Å². The summed E-state index contributed by atoms with van der Waals surface area (Å²) in [6.45, 7) is 11.3. The summed E-state index contributed by atoms with van der Waals surface area (Å²) in [4.78, 5) is 13.1. The van der Waals surface area contributed by atoms with E-state index < -0.39 is 17.4 Å². The molecule has 0 aliphatic heterocycles. The molecule has 2 amide bonds. The quantitative estimate of drug-likeness (QED) is 0.435. The molecule has 0 saturated carbocycles. The fraction of sp³-hybridized carbons (Fsp3) is 0.409. The molecule has 0 radical (unpaired) electrons. The minimum absolute atomic E-state index is 0.173. The van der Waals surface area contributed by atoms with Crippen LogP contribution < -0.4 is 10.0 Å². The largest absolute Gasteiger partial charge is 0.386 e. The lowest BCUT2D eigenvalue weighted by atomic mass is 9.92. The van der Waals surface area contributed by atoms with E-state index in [1.54, 1.807) is 19.9 Å². The zero-order valence-electron chi connectivity index (χ0n) is 17.6. The highest BCUT2D eigenvalue weighted by molar-refractivity contribution is 7.98. The number of carbonyl (C=O) groups is 1. The summed E-state index contributed by atoms with van der Waals surface area (Å²) in [5, 5.41) is 13.7. The van der Waals surface area contributed by atoms with Gasteiger partial charge in [-0.25, -0.2) is 9.18 Å². The standard InChI is InChI=1S/C22H28ClFN2O2S/c1-12(2)18-9-15(23)10-19(13(3)4)20(18)25-21(27)26-29-17-8-14(22(5,6)28)7-16(24)11-17/h7-13,28H,1-6H3,(H2,25,26,27). The molecular weight excluding hydrogens is 411 g/mol. The molecule has 0 bridgehead atoms. The van der Waals surface area contributed by atoms with Crippen LogP contribution in [0.15, 0.2) is 35.2 Å². The zero-order chi connectivity index (χ0) is 21.9. The summed E-state index contributed by atoms with van der Waals surface area (Å²) in [7, 11) is 0. The zero-order valence-corrected chi connectivity index (χ0v) is 19.1. The number of rotatable bonds is 6. The third-order valence-electron chi connectivity index (χ3n) is 4.49. The molecule has 2 aromatic rings. The molecule has 158 valence electrons. The summed E-state index contributed by atoms with van der Waals surface area (Å²) in [5.74, 6) is -0.130. The molecule has 0 spiro atoms. The number of aliphatic hydroxyl groups is 1. The van der Waals surface area contributed by atoms with Gasteiger partial charge in [0.15, 0.2) is 0 Å². The van der Waals surface area contributed by atoms with Gasteiger partial charge in [-0.1, -0.05) is 39.3 Å². The Balaban J connectivity index is 2.21. The maximum Gasteiger partial charge on any atom is 0.329 e. The van der Waals surface area contributed by atoms with Crippen molar-refractivity contribution in [3.8, 4) is 0 Å². The van der Waals surface area contributed by atoms with E-state index in [-0.39, 0.29) is 11.8 Å². The number of hydrogen-bond acceptors (Lipinski definition) is 3. The van der Waals surface area contributed by atoms with Crippen LogP contribution >= 0.6 is 23.5 Å². The van der Waals surface area contributed by atoms with Crippen LogP contribution in [0, 0.1) is 5.82 Å². The summed E-state index contributed by atoms with van der Waals surface area (Å²) < 4.78 is 16.6. The lowest BCUT2D eigenvalue weighted by molar-refractivity contribution is 0.0780. The second-order valence-electron chi connectivity index (χ2n) is 8.16. The van der Waals surface area contributed by atoms with Crippen LogP contribution in [-0.2, 0) is 5.60 Å². The van der Waals surface area contributed by atoms with E-state index in [0.29, 0.717) is 15.5 Å². The van der Waals surface area contributed by atoms with Gasteiger partial charge in [-0.05, 0) is 84.7 Å². The average molecular weight is 439 g/mol. The van der Waals surface area contributed by atoms with Crippen molar-refractivity contribution in [1.82, 2.24) is 4.72 Å². The van der Waals surface area contributed by atoms with Crippen molar-refractivity contribution >= 4 is 35.3 Å². The van der Waals surface area contributed by atoms with Gasteiger partial charge in [0.2, 0.25) is 0 Å². The van der Waals surface area contributed by atoms with Gasteiger partial charge in [-0.2, -0.15) is 0 Å². The predicted molar refractivity (Wildman–Crippen MR) is 119 cm³/mol. The Hall–Kier alpha value is -1.76. The highest BCUT2D eigenvalue weighted by Crippen LogP contribution is 2.35. The fourth-order valence-electron chi connectivity index (χ4n) is 2.92. The van der Waals surface area contributed by atoms with Gasteiger partial charge < -0.3 is 10.4 Å². The summed E-state index contributed by atoms with van der Waals surface area (Å²) >= 11 is 7.25. The van der Waals surface area contributed by atoms with Crippen molar-refractivity contribution in [3.05, 3.63) is 57.9 Å². The SMILES string of the molecule is CC(C)c1cc(Cl)cc(C(C)C)c1NC(=O)NSc1cc(F)cc(C(C)(C)O)c1. The number of halogens is 2. The highest BCUT2D eigenvalue weighted by atomic mass is 35.5. The first-order chi connectivity index (χ1) is 13.4. The lowest BCUT2D eigenvalue weighted by Gasteiger charge is -2.21. The van der Waals surface area contributed by atoms with Crippen molar-refractivity contribution in [1.29, 1.82) is 0 Å². The molecule has 2 aromatic carbocycles. The predicted octanol–water partition coefficient (Wildman–Crippen LogP) is 6.78. The summed E-state index contributed by atoms with van der Waals surface area (Å²) in [6, 6.07) is 7.54. The number of anilines is 1. The normalized spacial score (nSPS) is 11.8. The molecule has 0 heterocycles. The van der Waals surface area contributed by atoms with E-state index in [0.717, 1.165) is 28.8 Å². The number of nitrogens with one attached hydrogen (secondary N) is 2. The van der Waals surface area contributed by atoms with Gasteiger partial charge in [-0.15, -0.1) is 0 Å². The minimum atomic E-state index is -1.18. The molecule has 7 heteroatoms. The van der Waals surface area contributed by atoms with Crippen LogP contribution in [0.1, 0.15) is 70.1 Å². The van der Waals surface area contributed by atoms with Crippen molar-refractivity contribution in [2.24, 2.45) is 0 Å². The van der Waals surface area contributed by atoms with Crippen LogP contribution in [0.4, 0.5) is 14.9 Å². The Kier molecular flexibility index (Phi) is 7.60. The molecule has 29 heavy (non-hydrogen) atoms. The molecule has 0 aliphatic carbocycles. The van der Waals surface area contributed by atoms with Crippen LogP contribution in [0.2, 0.25) is 5.02 Å². The Labute approximate surface area is 181 Å². The average Bonchev–Trinajstić information content (AvgIpc) is 2.59. The summed E-state index contributed by atoms with van der Waals surface area (Å²) in [6.07, 6.45) is 0. The number of benzene rings is 2. The highest BCUT2D eigenvalue weighted by Gasteiger charge is 2.19. The van der Waals surface area contributed by atoms with Crippen LogP contribution in [0.3, 0.4) is 0 Å². The second-order valence-corrected chi connectivity index (χ2v) is 9.48. The lowest BCUT2D eigenvalue weighted by Crippen LogP contribution is -2.24. The number of carbonyl (C=O) groups excluding carboxylic acids is 1. The van der Waals surface area contributed by atoms with E-state index in [9.17, 15) is 14.3 Å². The molecular formula is C22H28ClFN2O2S. The van der Waals surface area contributed by atoms with E-state index in [2.05, 4.69) is 10.0 Å². The molecule has 0 aromatic heterocycles. The van der Waals surface area contributed by atoms with Crippen LogP contribution in [0.5, 0.6) is 0 Å². The van der Waals surface area contributed by atoms with E-state index >= 15 is 0 Å². The molecule has 2 rings (SSSR count). The van der Waals surface area contributed by atoms with Crippen LogP contribution in [-0.4, -0.2) is 11.1 Å². The second kappa shape index (κ2) is 9.37. The van der Waals surface area contributed by atoms with E-state index in [1.165, 1.54) is 12.1 Å². The first kappa shape index (κ1) is 23.5. The Morgan fingerprint density at radius 3 is 2.10 bits per heavy atom. The van der Waals surface area contributed by atoms with Gasteiger partial charge in [0, 0.05) is 15.6 Å². The molecule has 4 nitrogen and oxygen atoms in total. The Morgan fingerprint density at radius 2 is 1.62 bits per heavy atom. The van der Waals surface area contributed by atoms with Crippen molar-refractivity contribution in [2.75, 3.05) is 5.32 Å². The van der Waals surface area contributed by atoms with Gasteiger partial charge in [-0.3, -0.25) is 4.72 Å². The molecule has 0 atom stereocenters. The van der Waals surface area contributed by atoms with E-state index in [4.69, 9.17) is 11.6 Å². The van der Waals surface area contributed by atoms with Crippen molar-refractivity contribution < 1.29 is 14.3 Å². The Bertz CT molecular complexity index is 866. The summed E-state index contributed by atoms with van der Waals surface area (Å²) in [5.41, 5.74) is 1.91. The number of urea groups is 1. The number of hydrogen-bond donors (Lipinski definition) is 3. The third-order valence-corrected chi connectivity index (χ3v) is 5.46. The third kappa shape index (κ3) is 6.36. The maximum absolute atomic E-state index is 13.9. The first-order valence-corrected chi connectivity index (χ1v) is 10.7. The van der Waals surface area contributed by atoms with Gasteiger partial charge in [0.1, 0.15) is 5.82 Å². The first-order valence-electron chi connectivity index (χ1n) is 9.49. The monoisotopic (exact) mass is 438 g/mol.